The minimum Gasteiger partial charge on any atom is -0.352 e. The Bertz CT molecular complexity index is 468. The van der Waals surface area contributed by atoms with Crippen molar-refractivity contribution in [1.82, 2.24) is 25.6 Å². The van der Waals surface area contributed by atoms with Gasteiger partial charge in [0.05, 0.1) is 11.9 Å². The second kappa shape index (κ2) is 5.79. The summed E-state index contributed by atoms with van der Waals surface area (Å²) in [4.78, 5) is 23.4. The molecule has 1 unspecified atom stereocenters. The normalized spacial score (nSPS) is 15.9. The first-order chi connectivity index (χ1) is 9.08. The number of amides is 2. The number of carbonyl (C=O) groups is 2. The van der Waals surface area contributed by atoms with Crippen molar-refractivity contribution in [2.75, 3.05) is 0 Å². The van der Waals surface area contributed by atoms with E-state index in [2.05, 4.69) is 20.9 Å². The largest absolute Gasteiger partial charge is 0.352 e. The van der Waals surface area contributed by atoms with E-state index in [9.17, 15) is 9.59 Å². The van der Waals surface area contributed by atoms with Crippen molar-refractivity contribution in [3.05, 3.63) is 11.9 Å². The third kappa shape index (κ3) is 4.02. The summed E-state index contributed by atoms with van der Waals surface area (Å²) in [5.41, 5.74) is 6.02. The molecule has 1 atom stereocenters. The number of nitrogens with two attached hydrogens (primary N) is 1. The van der Waals surface area contributed by atoms with Crippen LogP contribution in [-0.4, -0.2) is 38.9 Å². The van der Waals surface area contributed by atoms with Crippen molar-refractivity contribution in [3.63, 3.8) is 0 Å². The van der Waals surface area contributed by atoms with Crippen LogP contribution in [0.2, 0.25) is 0 Å². The molecule has 1 aliphatic carbocycles. The van der Waals surface area contributed by atoms with E-state index in [1.807, 2.05) is 0 Å². The van der Waals surface area contributed by atoms with Gasteiger partial charge in [-0.1, -0.05) is 5.21 Å². The second-order valence-electron chi connectivity index (χ2n) is 4.68. The van der Waals surface area contributed by atoms with Crippen LogP contribution in [-0.2, 0) is 22.7 Å². The molecule has 0 saturated heterocycles. The first kappa shape index (κ1) is 13.5. The van der Waals surface area contributed by atoms with Gasteiger partial charge in [0, 0.05) is 12.6 Å². The van der Waals surface area contributed by atoms with Crippen molar-refractivity contribution in [3.8, 4) is 0 Å². The third-order valence-corrected chi connectivity index (χ3v) is 2.80. The maximum absolute atomic E-state index is 11.7. The van der Waals surface area contributed by atoms with Gasteiger partial charge in [-0.2, -0.15) is 0 Å². The van der Waals surface area contributed by atoms with Gasteiger partial charge in [-0.3, -0.25) is 9.59 Å². The molecule has 1 aromatic rings. The van der Waals surface area contributed by atoms with E-state index >= 15 is 0 Å². The van der Waals surface area contributed by atoms with Crippen molar-refractivity contribution in [1.29, 1.82) is 0 Å². The third-order valence-electron chi connectivity index (χ3n) is 2.80. The molecule has 4 N–H and O–H groups in total. The van der Waals surface area contributed by atoms with Gasteiger partial charge in [0.2, 0.25) is 11.8 Å². The van der Waals surface area contributed by atoms with Crippen molar-refractivity contribution < 1.29 is 9.59 Å². The fourth-order valence-electron chi connectivity index (χ4n) is 1.56. The average Bonchev–Trinajstić information content (AvgIpc) is 3.06. The van der Waals surface area contributed by atoms with Crippen LogP contribution in [0.3, 0.4) is 0 Å². The Labute approximate surface area is 110 Å². The standard InChI is InChI=1S/C11H18N6O2/c1-7(11(19)14-8-2-3-8)13-10(18)6-17-5-9(4-12)15-16-17/h5,7-8H,2-4,6,12H2,1H3,(H,13,18)(H,14,19). The van der Waals surface area contributed by atoms with Gasteiger partial charge in [-0.25, -0.2) is 4.68 Å². The first-order valence-electron chi connectivity index (χ1n) is 6.27. The van der Waals surface area contributed by atoms with E-state index in [0.717, 1.165) is 12.8 Å². The molecule has 0 aromatic carbocycles. The van der Waals surface area contributed by atoms with Gasteiger partial charge >= 0.3 is 0 Å². The van der Waals surface area contributed by atoms with Gasteiger partial charge in [0.15, 0.2) is 0 Å². The molecule has 8 nitrogen and oxygen atoms in total. The quantitative estimate of drug-likeness (QED) is 0.581. The lowest BCUT2D eigenvalue weighted by molar-refractivity contribution is -0.129. The Balaban J connectivity index is 1.77. The molecule has 104 valence electrons. The maximum atomic E-state index is 11.7. The summed E-state index contributed by atoms with van der Waals surface area (Å²) in [5, 5.41) is 13.0. The molecular formula is C11H18N6O2. The highest BCUT2D eigenvalue weighted by Gasteiger charge is 2.26. The van der Waals surface area contributed by atoms with Gasteiger partial charge in [-0.05, 0) is 19.8 Å². The van der Waals surface area contributed by atoms with Crippen LogP contribution in [0.4, 0.5) is 0 Å². The molecule has 8 heteroatoms. The number of hydrogen-bond donors (Lipinski definition) is 3. The molecule has 2 rings (SSSR count). The molecular weight excluding hydrogens is 248 g/mol. The topological polar surface area (TPSA) is 115 Å². The summed E-state index contributed by atoms with van der Waals surface area (Å²) < 4.78 is 1.39. The minimum atomic E-state index is -0.550. The van der Waals surface area contributed by atoms with Gasteiger partial charge in [0.25, 0.3) is 0 Å². The van der Waals surface area contributed by atoms with E-state index < -0.39 is 6.04 Å². The summed E-state index contributed by atoms with van der Waals surface area (Å²) in [5.74, 6) is -0.441. The highest BCUT2D eigenvalue weighted by molar-refractivity contribution is 5.87. The van der Waals surface area contributed by atoms with Crippen LogP contribution in [0.5, 0.6) is 0 Å². The Morgan fingerprint density at radius 3 is 2.89 bits per heavy atom. The molecule has 1 aliphatic rings. The predicted octanol–water partition coefficient (Wildman–Crippen LogP) is -1.48. The van der Waals surface area contributed by atoms with Crippen molar-refractivity contribution in [2.24, 2.45) is 5.73 Å². The zero-order valence-electron chi connectivity index (χ0n) is 10.8. The second-order valence-corrected chi connectivity index (χ2v) is 4.68. The molecule has 19 heavy (non-hydrogen) atoms. The van der Waals surface area contributed by atoms with Crippen LogP contribution in [0.25, 0.3) is 0 Å². The number of nitrogens with one attached hydrogen (secondary N) is 2. The monoisotopic (exact) mass is 266 g/mol. The fraction of sp³-hybridized carbons (Fsp3) is 0.636. The molecule has 0 bridgehead atoms. The molecule has 1 saturated carbocycles. The Hall–Kier alpha value is -1.96. The van der Waals surface area contributed by atoms with Crippen molar-refractivity contribution >= 4 is 11.8 Å². The summed E-state index contributed by atoms with van der Waals surface area (Å²) in [6, 6.07) is -0.264. The smallest absolute Gasteiger partial charge is 0.242 e. The van der Waals surface area contributed by atoms with Crippen LogP contribution in [0.15, 0.2) is 6.20 Å². The van der Waals surface area contributed by atoms with E-state index in [1.54, 1.807) is 13.1 Å². The lowest BCUT2D eigenvalue weighted by atomic mass is 10.3. The van der Waals surface area contributed by atoms with Crippen LogP contribution in [0.1, 0.15) is 25.5 Å². The molecule has 0 radical (unpaired) electrons. The summed E-state index contributed by atoms with van der Waals surface area (Å²) in [6.45, 7) is 1.96. The van der Waals surface area contributed by atoms with Crippen molar-refractivity contribution in [2.45, 2.75) is 44.9 Å². The lowest BCUT2D eigenvalue weighted by Crippen LogP contribution is -2.46. The van der Waals surface area contributed by atoms with Gasteiger partial charge < -0.3 is 16.4 Å². The van der Waals surface area contributed by atoms with Crippen LogP contribution in [0, 0.1) is 0 Å². The molecule has 1 aromatic heterocycles. The zero-order chi connectivity index (χ0) is 13.8. The lowest BCUT2D eigenvalue weighted by Gasteiger charge is -2.13. The SMILES string of the molecule is CC(NC(=O)Cn1cc(CN)nn1)C(=O)NC1CC1. The Morgan fingerprint density at radius 2 is 2.32 bits per heavy atom. The minimum absolute atomic E-state index is 0.0219. The zero-order valence-corrected chi connectivity index (χ0v) is 10.8. The summed E-state index contributed by atoms with van der Waals surface area (Å²) >= 11 is 0. The fourth-order valence-corrected chi connectivity index (χ4v) is 1.56. The van der Waals surface area contributed by atoms with Gasteiger partial charge in [0.1, 0.15) is 12.6 Å². The number of hydrogen-bond acceptors (Lipinski definition) is 5. The average molecular weight is 266 g/mol. The molecule has 1 fully saturated rings. The number of rotatable bonds is 6. The van der Waals surface area contributed by atoms with Gasteiger partial charge in [-0.15, -0.1) is 5.10 Å². The molecule has 1 heterocycles. The van der Waals surface area contributed by atoms with E-state index in [1.165, 1.54) is 4.68 Å². The Kier molecular flexibility index (Phi) is 4.10. The van der Waals surface area contributed by atoms with E-state index in [0.29, 0.717) is 5.69 Å². The number of nitrogens with zero attached hydrogens (tertiary/aromatic N) is 3. The molecule has 2 amide bonds. The predicted molar refractivity (Wildman–Crippen MR) is 66.7 cm³/mol. The maximum Gasteiger partial charge on any atom is 0.242 e. The number of carbonyl (C=O) groups excluding carboxylic acids is 2. The Morgan fingerprint density at radius 1 is 1.58 bits per heavy atom. The van der Waals surface area contributed by atoms with E-state index in [-0.39, 0.29) is 30.9 Å². The first-order valence-corrected chi connectivity index (χ1v) is 6.27. The molecule has 0 spiro atoms. The van der Waals surface area contributed by atoms with E-state index in [4.69, 9.17) is 5.73 Å². The van der Waals surface area contributed by atoms with Crippen LogP contribution < -0.4 is 16.4 Å². The van der Waals surface area contributed by atoms with Crippen LogP contribution >= 0.6 is 0 Å². The number of aromatic nitrogens is 3. The molecule has 0 aliphatic heterocycles. The highest BCUT2D eigenvalue weighted by Crippen LogP contribution is 2.18. The highest BCUT2D eigenvalue weighted by atomic mass is 16.2. The summed E-state index contributed by atoms with van der Waals surface area (Å²) in [7, 11) is 0. The summed E-state index contributed by atoms with van der Waals surface area (Å²) in [6.07, 6.45) is 3.65.